The molecule has 0 amide bonds. The van der Waals surface area contributed by atoms with E-state index in [0.717, 1.165) is 12.2 Å². The molecule has 1 aliphatic rings. The summed E-state index contributed by atoms with van der Waals surface area (Å²) in [5, 5.41) is 0.0905. The van der Waals surface area contributed by atoms with E-state index in [1.165, 1.54) is 3.57 Å². The fourth-order valence-electron chi connectivity index (χ4n) is 1.76. The number of hydrogen-bond acceptors (Lipinski definition) is 2. The van der Waals surface area contributed by atoms with Crippen molar-refractivity contribution in [2.45, 2.75) is 30.9 Å². The van der Waals surface area contributed by atoms with E-state index in [1.807, 2.05) is 31.2 Å². The Morgan fingerprint density at radius 2 is 2.31 bits per heavy atom. The van der Waals surface area contributed by atoms with Crippen LogP contribution in [0.5, 0.6) is 5.75 Å². The zero-order valence-electron chi connectivity index (χ0n) is 9.03. The Kier molecular flexibility index (Phi) is 4.33. The third-order valence-electron chi connectivity index (χ3n) is 2.62. The number of benzene rings is 1. The van der Waals surface area contributed by atoms with Crippen LogP contribution in [0, 0.1) is 3.57 Å². The van der Waals surface area contributed by atoms with Gasteiger partial charge in [-0.25, -0.2) is 0 Å². The Hall–Kier alpha value is -0.000000000000000111. The summed E-state index contributed by atoms with van der Waals surface area (Å²) in [6.07, 6.45) is 0.989. The molecule has 4 heteroatoms. The Morgan fingerprint density at radius 3 is 2.94 bits per heavy atom. The Labute approximate surface area is 114 Å². The monoisotopic (exact) mass is 352 g/mol. The highest BCUT2D eigenvalue weighted by Crippen LogP contribution is 2.33. The zero-order valence-corrected chi connectivity index (χ0v) is 11.9. The van der Waals surface area contributed by atoms with Crippen LogP contribution in [0.4, 0.5) is 0 Å². The van der Waals surface area contributed by atoms with Gasteiger partial charge in [-0.3, -0.25) is 0 Å². The number of rotatable bonds is 4. The van der Waals surface area contributed by atoms with Gasteiger partial charge in [0, 0.05) is 16.6 Å². The first-order valence-electron chi connectivity index (χ1n) is 5.38. The second-order valence-corrected chi connectivity index (χ2v) is 5.59. The Bertz CT molecular complexity index is 359. The lowest BCUT2D eigenvalue weighted by molar-refractivity contribution is -0.0759. The van der Waals surface area contributed by atoms with E-state index >= 15 is 0 Å². The maximum atomic E-state index is 6.08. The highest BCUT2D eigenvalue weighted by molar-refractivity contribution is 14.1. The van der Waals surface area contributed by atoms with Crippen molar-refractivity contribution in [1.29, 1.82) is 0 Å². The molecule has 16 heavy (non-hydrogen) atoms. The second kappa shape index (κ2) is 5.56. The summed E-state index contributed by atoms with van der Waals surface area (Å²) >= 11 is 8.35. The van der Waals surface area contributed by atoms with Gasteiger partial charge in [-0.2, -0.15) is 0 Å². The summed E-state index contributed by atoms with van der Waals surface area (Å²) in [4.78, 5) is 0. The molecular formula is C12H14ClIO2. The lowest BCUT2D eigenvalue weighted by atomic mass is 9.91. The summed E-state index contributed by atoms with van der Waals surface area (Å²) in [7, 11) is 0. The highest BCUT2D eigenvalue weighted by atomic mass is 127. The molecule has 0 radical (unpaired) electrons. The molecule has 0 heterocycles. The topological polar surface area (TPSA) is 18.5 Å². The summed E-state index contributed by atoms with van der Waals surface area (Å²) in [5.41, 5.74) is 0. The van der Waals surface area contributed by atoms with Crippen molar-refractivity contribution in [2.75, 3.05) is 6.61 Å². The van der Waals surface area contributed by atoms with Crippen molar-refractivity contribution in [3.63, 3.8) is 0 Å². The summed E-state index contributed by atoms with van der Waals surface area (Å²) in [6, 6.07) is 8.01. The molecule has 2 nitrogen and oxygen atoms in total. The maximum Gasteiger partial charge on any atom is 0.128 e. The standard InChI is InChI=1S/C12H14ClIO2/c1-2-15-12-10(13)7-11(12)16-9-5-3-4-8(14)6-9/h3-6,10-12H,2,7H2,1H3. The van der Waals surface area contributed by atoms with Crippen LogP contribution in [0.1, 0.15) is 13.3 Å². The molecule has 0 spiro atoms. The first-order valence-corrected chi connectivity index (χ1v) is 6.90. The predicted octanol–water partition coefficient (Wildman–Crippen LogP) is 3.45. The molecule has 1 aromatic carbocycles. The molecule has 88 valence electrons. The van der Waals surface area contributed by atoms with Gasteiger partial charge in [0.15, 0.2) is 0 Å². The van der Waals surface area contributed by atoms with Crippen molar-refractivity contribution in [2.24, 2.45) is 0 Å². The summed E-state index contributed by atoms with van der Waals surface area (Å²) in [6.45, 7) is 2.66. The quantitative estimate of drug-likeness (QED) is 0.610. The molecule has 1 aliphatic carbocycles. The van der Waals surface area contributed by atoms with Gasteiger partial charge in [-0.15, -0.1) is 11.6 Å². The van der Waals surface area contributed by atoms with Gasteiger partial charge in [0.1, 0.15) is 18.0 Å². The highest BCUT2D eigenvalue weighted by Gasteiger charge is 2.42. The van der Waals surface area contributed by atoms with Gasteiger partial charge < -0.3 is 9.47 Å². The van der Waals surface area contributed by atoms with E-state index in [-0.39, 0.29) is 17.6 Å². The average Bonchev–Trinajstić information content (AvgIpc) is 2.26. The second-order valence-electron chi connectivity index (χ2n) is 3.79. The van der Waals surface area contributed by atoms with Gasteiger partial charge >= 0.3 is 0 Å². The largest absolute Gasteiger partial charge is 0.488 e. The van der Waals surface area contributed by atoms with Crippen molar-refractivity contribution < 1.29 is 9.47 Å². The number of hydrogen-bond donors (Lipinski definition) is 0. The molecule has 0 saturated heterocycles. The summed E-state index contributed by atoms with van der Waals surface area (Å²) in [5.74, 6) is 0.894. The van der Waals surface area contributed by atoms with Crippen LogP contribution in [0.2, 0.25) is 0 Å². The number of ether oxygens (including phenoxy) is 2. The van der Waals surface area contributed by atoms with E-state index in [2.05, 4.69) is 22.6 Å². The van der Waals surface area contributed by atoms with Crippen molar-refractivity contribution >= 4 is 34.2 Å². The van der Waals surface area contributed by atoms with Crippen LogP contribution in [0.3, 0.4) is 0 Å². The van der Waals surface area contributed by atoms with E-state index in [4.69, 9.17) is 21.1 Å². The van der Waals surface area contributed by atoms with Crippen molar-refractivity contribution in [3.8, 4) is 5.75 Å². The zero-order chi connectivity index (χ0) is 11.5. The van der Waals surface area contributed by atoms with Crippen LogP contribution < -0.4 is 4.74 Å². The van der Waals surface area contributed by atoms with E-state index in [1.54, 1.807) is 0 Å². The fourth-order valence-corrected chi connectivity index (χ4v) is 2.69. The molecule has 2 rings (SSSR count). The fraction of sp³-hybridized carbons (Fsp3) is 0.500. The van der Waals surface area contributed by atoms with Gasteiger partial charge in [0.2, 0.25) is 0 Å². The van der Waals surface area contributed by atoms with Crippen molar-refractivity contribution in [1.82, 2.24) is 0 Å². The number of halogens is 2. The summed E-state index contributed by atoms with van der Waals surface area (Å²) < 4.78 is 12.6. The number of alkyl halides is 1. The normalized spacial score (nSPS) is 28.6. The van der Waals surface area contributed by atoms with Crippen LogP contribution >= 0.6 is 34.2 Å². The molecule has 0 aromatic heterocycles. The van der Waals surface area contributed by atoms with Gasteiger partial charge in [0.05, 0.1) is 5.38 Å². The Balaban J connectivity index is 1.95. The lowest BCUT2D eigenvalue weighted by Crippen LogP contribution is -2.52. The first kappa shape index (κ1) is 12.5. The minimum absolute atomic E-state index is 0.0320. The minimum Gasteiger partial charge on any atom is -0.488 e. The van der Waals surface area contributed by atoms with Crippen LogP contribution in [-0.2, 0) is 4.74 Å². The average molecular weight is 353 g/mol. The first-order chi connectivity index (χ1) is 7.70. The Morgan fingerprint density at radius 1 is 1.50 bits per heavy atom. The van der Waals surface area contributed by atoms with Gasteiger partial charge in [-0.1, -0.05) is 6.07 Å². The molecule has 1 saturated carbocycles. The third kappa shape index (κ3) is 2.81. The van der Waals surface area contributed by atoms with Gasteiger partial charge in [-0.05, 0) is 47.7 Å². The smallest absolute Gasteiger partial charge is 0.128 e. The molecule has 3 atom stereocenters. The maximum absolute atomic E-state index is 6.08. The van der Waals surface area contributed by atoms with Crippen LogP contribution in [0.25, 0.3) is 0 Å². The molecule has 0 aliphatic heterocycles. The van der Waals surface area contributed by atoms with Crippen LogP contribution in [-0.4, -0.2) is 24.2 Å². The molecule has 0 bridgehead atoms. The van der Waals surface area contributed by atoms with E-state index in [0.29, 0.717) is 6.61 Å². The third-order valence-corrected chi connectivity index (χ3v) is 3.72. The lowest BCUT2D eigenvalue weighted by Gasteiger charge is -2.40. The molecule has 1 aromatic rings. The molecule has 1 fully saturated rings. The van der Waals surface area contributed by atoms with E-state index < -0.39 is 0 Å². The van der Waals surface area contributed by atoms with E-state index in [9.17, 15) is 0 Å². The molecule has 3 unspecified atom stereocenters. The molecule has 0 N–H and O–H groups in total. The molecular weight excluding hydrogens is 338 g/mol. The minimum atomic E-state index is 0.0320. The van der Waals surface area contributed by atoms with Crippen molar-refractivity contribution in [3.05, 3.63) is 27.8 Å². The van der Waals surface area contributed by atoms with Crippen LogP contribution in [0.15, 0.2) is 24.3 Å². The SMILES string of the molecule is CCOC1C(Cl)CC1Oc1cccc(I)c1. The predicted molar refractivity (Wildman–Crippen MR) is 73.2 cm³/mol. The van der Waals surface area contributed by atoms with Gasteiger partial charge in [0.25, 0.3) is 0 Å².